The summed E-state index contributed by atoms with van der Waals surface area (Å²) >= 11 is 8.26. The van der Waals surface area contributed by atoms with Gasteiger partial charge in [0.15, 0.2) is 0 Å². The highest BCUT2D eigenvalue weighted by Crippen LogP contribution is 2.29. The minimum atomic E-state index is 0.484. The smallest absolute Gasteiger partial charge is 0.120 e. The summed E-state index contributed by atoms with van der Waals surface area (Å²) in [5.41, 5.74) is 1.10. The molecule has 0 N–H and O–H groups in total. The summed E-state index contributed by atoms with van der Waals surface area (Å²) in [6.07, 6.45) is 1.99. The molecule has 0 spiro atoms. The topological polar surface area (TPSA) is 17.1 Å². The van der Waals surface area contributed by atoms with Gasteiger partial charge in [0.25, 0.3) is 0 Å². The van der Waals surface area contributed by atoms with E-state index in [0.29, 0.717) is 12.8 Å². The van der Waals surface area contributed by atoms with Crippen molar-refractivity contribution in [2.75, 3.05) is 0 Å². The second kappa shape index (κ2) is 6.19. The summed E-state index contributed by atoms with van der Waals surface area (Å²) in [7, 11) is 0. The molecule has 0 radical (unpaired) electrons. The normalized spacial score (nSPS) is 12.1. The van der Waals surface area contributed by atoms with Gasteiger partial charge in [-0.15, -0.1) is 0 Å². The van der Waals surface area contributed by atoms with Crippen LogP contribution in [0.4, 0.5) is 0 Å². The van der Waals surface area contributed by atoms with Crippen molar-refractivity contribution < 1.29 is 4.79 Å². The maximum atomic E-state index is 10.2. The number of halogens is 2. The highest BCUT2D eigenvalue weighted by atomic mass is 127. The highest BCUT2D eigenvalue weighted by Gasteiger charge is 2.03. The predicted octanol–water partition coefficient (Wildman–Crippen LogP) is 4.01. The molecule has 0 unspecified atom stereocenters. The number of carbonyl (C=O) groups excluding carboxylic acids is 1. The van der Waals surface area contributed by atoms with Gasteiger partial charge in [-0.1, -0.05) is 41.9 Å². The molecule has 14 heavy (non-hydrogen) atoms. The molecule has 1 rings (SSSR count). The number of allylic oxidation sites excluding steroid dienone is 1. The van der Waals surface area contributed by atoms with E-state index >= 15 is 0 Å². The Morgan fingerprint density at radius 1 is 1.36 bits per heavy atom. The monoisotopic (exact) mass is 320 g/mol. The SMILES string of the molecule is O=CCC/C(Cl)=C(/I)c1ccccc1. The molecule has 0 bridgehead atoms. The van der Waals surface area contributed by atoms with Gasteiger partial charge in [-0.25, -0.2) is 0 Å². The minimum Gasteiger partial charge on any atom is -0.303 e. The average Bonchev–Trinajstić information content (AvgIpc) is 2.26. The lowest BCUT2D eigenvalue weighted by atomic mass is 10.2. The summed E-state index contributed by atoms with van der Waals surface area (Å²) in [6, 6.07) is 9.92. The molecule has 0 aliphatic carbocycles. The fraction of sp³-hybridized carbons (Fsp3) is 0.182. The van der Waals surface area contributed by atoms with Gasteiger partial charge in [-0.3, -0.25) is 0 Å². The van der Waals surface area contributed by atoms with E-state index in [0.717, 1.165) is 20.5 Å². The number of hydrogen-bond acceptors (Lipinski definition) is 1. The third-order valence-electron chi connectivity index (χ3n) is 1.75. The van der Waals surface area contributed by atoms with E-state index < -0.39 is 0 Å². The van der Waals surface area contributed by atoms with Crippen molar-refractivity contribution in [3.63, 3.8) is 0 Å². The van der Waals surface area contributed by atoms with Gasteiger partial charge < -0.3 is 4.79 Å². The second-order valence-electron chi connectivity index (χ2n) is 2.79. The Kier molecular flexibility index (Phi) is 5.19. The van der Waals surface area contributed by atoms with E-state index in [-0.39, 0.29) is 0 Å². The highest BCUT2D eigenvalue weighted by molar-refractivity contribution is 14.1. The van der Waals surface area contributed by atoms with Gasteiger partial charge in [0, 0.05) is 15.0 Å². The molecule has 0 saturated carbocycles. The zero-order valence-electron chi connectivity index (χ0n) is 7.54. The molecule has 0 saturated heterocycles. The molecule has 0 fully saturated rings. The first-order valence-corrected chi connectivity index (χ1v) is 5.74. The zero-order valence-corrected chi connectivity index (χ0v) is 10.5. The van der Waals surface area contributed by atoms with Crippen LogP contribution in [0.2, 0.25) is 0 Å². The lowest BCUT2D eigenvalue weighted by molar-refractivity contribution is -0.107. The Labute approximate surface area is 102 Å². The lowest BCUT2D eigenvalue weighted by Crippen LogP contribution is -1.82. The minimum absolute atomic E-state index is 0.484. The predicted molar refractivity (Wildman–Crippen MR) is 68.5 cm³/mol. The van der Waals surface area contributed by atoms with Gasteiger partial charge in [-0.05, 0) is 34.6 Å². The molecular weight excluding hydrogens is 310 g/mol. The fourth-order valence-corrected chi connectivity index (χ4v) is 1.88. The number of aldehydes is 1. The molecule has 1 aromatic carbocycles. The summed E-state index contributed by atoms with van der Waals surface area (Å²) in [5, 5.41) is 0.754. The molecule has 0 heterocycles. The molecule has 0 aromatic heterocycles. The van der Waals surface area contributed by atoms with Crippen LogP contribution >= 0.6 is 34.2 Å². The maximum absolute atomic E-state index is 10.2. The third kappa shape index (κ3) is 3.42. The largest absolute Gasteiger partial charge is 0.303 e. The van der Waals surface area contributed by atoms with Crippen LogP contribution in [0, 0.1) is 0 Å². The van der Waals surface area contributed by atoms with Gasteiger partial charge >= 0.3 is 0 Å². The maximum Gasteiger partial charge on any atom is 0.120 e. The first kappa shape index (κ1) is 11.7. The van der Waals surface area contributed by atoms with E-state index in [1.807, 2.05) is 30.3 Å². The zero-order chi connectivity index (χ0) is 10.4. The quantitative estimate of drug-likeness (QED) is 0.605. The molecule has 1 nitrogen and oxygen atoms in total. The molecule has 3 heteroatoms. The van der Waals surface area contributed by atoms with Crippen LogP contribution in [0.5, 0.6) is 0 Å². The van der Waals surface area contributed by atoms with Crippen molar-refractivity contribution >= 4 is 44.1 Å². The summed E-state index contributed by atoms with van der Waals surface area (Å²) < 4.78 is 1.02. The third-order valence-corrected chi connectivity index (χ3v) is 3.72. The van der Waals surface area contributed by atoms with Crippen molar-refractivity contribution in [2.45, 2.75) is 12.8 Å². The molecule has 74 valence electrons. The van der Waals surface area contributed by atoms with Crippen LogP contribution in [0.25, 0.3) is 3.58 Å². The van der Waals surface area contributed by atoms with E-state index in [1.54, 1.807) is 0 Å². The van der Waals surface area contributed by atoms with Gasteiger partial charge in [0.1, 0.15) is 6.29 Å². The second-order valence-corrected chi connectivity index (χ2v) is 4.33. The van der Waals surface area contributed by atoms with Crippen molar-refractivity contribution in [3.8, 4) is 0 Å². The van der Waals surface area contributed by atoms with Crippen LogP contribution in [0.1, 0.15) is 18.4 Å². The molecule has 0 atom stereocenters. The number of benzene rings is 1. The fourth-order valence-electron chi connectivity index (χ4n) is 1.04. The van der Waals surface area contributed by atoms with Crippen molar-refractivity contribution in [3.05, 3.63) is 40.9 Å². The van der Waals surface area contributed by atoms with Crippen molar-refractivity contribution in [1.29, 1.82) is 0 Å². The molecule has 0 aliphatic rings. The first-order chi connectivity index (χ1) is 6.75. The standard InChI is InChI=1S/C11H10ClIO/c12-10(7-4-8-14)11(13)9-5-2-1-3-6-9/h1-3,5-6,8H,4,7H2/b11-10-. The van der Waals surface area contributed by atoms with Crippen LogP contribution in [0.3, 0.4) is 0 Å². The Morgan fingerprint density at radius 3 is 2.57 bits per heavy atom. The molecule has 1 aromatic rings. The van der Waals surface area contributed by atoms with Crippen LogP contribution in [-0.2, 0) is 4.79 Å². The van der Waals surface area contributed by atoms with Crippen molar-refractivity contribution in [1.82, 2.24) is 0 Å². The number of carbonyl (C=O) groups is 1. The van der Waals surface area contributed by atoms with Crippen LogP contribution in [-0.4, -0.2) is 6.29 Å². The van der Waals surface area contributed by atoms with E-state index in [2.05, 4.69) is 22.6 Å². The summed E-state index contributed by atoms with van der Waals surface area (Å²) in [4.78, 5) is 10.2. The Morgan fingerprint density at radius 2 is 2.00 bits per heavy atom. The Hall–Kier alpha value is -0.350. The Bertz CT molecular complexity index is 332. The van der Waals surface area contributed by atoms with E-state index in [1.165, 1.54) is 0 Å². The Balaban J connectivity index is 2.81. The molecule has 0 amide bonds. The van der Waals surface area contributed by atoms with Crippen molar-refractivity contribution in [2.24, 2.45) is 0 Å². The summed E-state index contributed by atoms with van der Waals surface area (Å²) in [5.74, 6) is 0. The number of rotatable bonds is 4. The lowest BCUT2D eigenvalue weighted by Gasteiger charge is -2.02. The first-order valence-electron chi connectivity index (χ1n) is 4.29. The van der Waals surface area contributed by atoms with Gasteiger partial charge in [0.2, 0.25) is 0 Å². The molecular formula is C11H10ClIO. The molecule has 0 aliphatic heterocycles. The van der Waals surface area contributed by atoms with E-state index in [9.17, 15) is 4.79 Å². The van der Waals surface area contributed by atoms with E-state index in [4.69, 9.17) is 11.6 Å². The summed E-state index contributed by atoms with van der Waals surface area (Å²) in [6.45, 7) is 0. The number of hydrogen-bond donors (Lipinski definition) is 0. The van der Waals surface area contributed by atoms with Crippen LogP contribution in [0.15, 0.2) is 35.4 Å². The van der Waals surface area contributed by atoms with Gasteiger partial charge in [-0.2, -0.15) is 0 Å². The van der Waals surface area contributed by atoms with Gasteiger partial charge in [0.05, 0.1) is 0 Å². The average molecular weight is 321 g/mol. The van der Waals surface area contributed by atoms with Crippen LogP contribution < -0.4 is 0 Å².